The van der Waals surface area contributed by atoms with E-state index in [0.717, 1.165) is 30.2 Å². The first-order valence-corrected chi connectivity index (χ1v) is 8.75. The van der Waals surface area contributed by atoms with Crippen LogP contribution in [0.2, 0.25) is 0 Å². The Kier molecular flexibility index (Phi) is 5.25. The number of aromatic nitrogens is 1. The molecule has 124 valence electrons. The van der Waals surface area contributed by atoms with E-state index in [1.54, 1.807) is 12.1 Å². The summed E-state index contributed by atoms with van der Waals surface area (Å²) in [5, 5.41) is 5.79. The lowest BCUT2D eigenvalue weighted by Crippen LogP contribution is -2.33. The topological polar surface area (TPSA) is 71.1 Å². The normalized spacial score (nSPS) is 14.4. The summed E-state index contributed by atoms with van der Waals surface area (Å²) < 4.78 is 0.881. The van der Waals surface area contributed by atoms with Crippen molar-refractivity contribution in [3.8, 4) is 0 Å². The highest BCUT2D eigenvalue weighted by atomic mass is 79.9. The maximum absolute atomic E-state index is 12.4. The fraction of sp³-hybridized carbons (Fsp3) is 0.278. The van der Waals surface area contributed by atoms with Crippen molar-refractivity contribution in [2.45, 2.75) is 31.7 Å². The van der Waals surface area contributed by atoms with E-state index in [1.165, 1.54) is 12.3 Å². The zero-order valence-corrected chi connectivity index (χ0v) is 14.7. The second kappa shape index (κ2) is 7.57. The molecule has 1 aliphatic carbocycles. The summed E-state index contributed by atoms with van der Waals surface area (Å²) in [5.41, 5.74) is 1.36. The second-order valence-corrected chi connectivity index (χ2v) is 6.76. The molecule has 1 aromatic carbocycles. The van der Waals surface area contributed by atoms with Crippen LogP contribution in [0.15, 0.2) is 47.1 Å². The van der Waals surface area contributed by atoms with E-state index in [0.29, 0.717) is 11.3 Å². The van der Waals surface area contributed by atoms with Gasteiger partial charge in [0.2, 0.25) is 0 Å². The van der Waals surface area contributed by atoms with Crippen LogP contribution in [0.4, 0.5) is 5.69 Å². The van der Waals surface area contributed by atoms with Crippen molar-refractivity contribution < 1.29 is 9.59 Å². The largest absolute Gasteiger partial charge is 0.348 e. The predicted octanol–water partition coefficient (Wildman–Crippen LogP) is 3.77. The van der Waals surface area contributed by atoms with Gasteiger partial charge in [-0.05, 0) is 43.2 Å². The molecule has 0 atom stereocenters. The van der Waals surface area contributed by atoms with Crippen molar-refractivity contribution in [1.29, 1.82) is 0 Å². The molecule has 24 heavy (non-hydrogen) atoms. The first-order chi connectivity index (χ1) is 11.6. The lowest BCUT2D eigenvalue weighted by molar-refractivity contribution is 0.0933. The van der Waals surface area contributed by atoms with Crippen LogP contribution >= 0.6 is 15.9 Å². The lowest BCUT2D eigenvalue weighted by atomic mass is 10.2. The summed E-state index contributed by atoms with van der Waals surface area (Å²) in [6.45, 7) is 0. The maximum atomic E-state index is 12.4. The van der Waals surface area contributed by atoms with Crippen molar-refractivity contribution >= 4 is 33.4 Å². The van der Waals surface area contributed by atoms with Crippen molar-refractivity contribution in [3.05, 3.63) is 58.3 Å². The number of carbonyl (C=O) groups excluding carboxylic acids is 2. The van der Waals surface area contributed by atoms with E-state index in [2.05, 4.69) is 31.5 Å². The number of hydrogen-bond donors (Lipinski definition) is 2. The number of amides is 2. The van der Waals surface area contributed by atoms with Crippen LogP contribution in [0.1, 0.15) is 46.5 Å². The third-order valence-corrected chi connectivity index (χ3v) is 4.52. The van der Waals surface area contributed by atoms with Crippen LogP contribution in [-0.4, -0.2) is 22.8 Å². The molecule has 2 amide bonds. The SMILES string of the molecule is O=C(Nc1cccc(Br)c1)c1ccnc(C(=O)NC2CCCC2)c1. The summed E-state index contributed by atoms with van der Waals surface area (Å²) in [6.07, 6.45) is 5.80. The van der Waals surface area contributed by atoms with Crippen molar-refractivity contribution in [3.63, 3.8) is 0 Å². The number of carbonyl (C=O) groups is 2. The van der Waals surface area contributed by atoms with Crippen LogP contribution in [0, 0.1) is 0 Å². The van der Waals surface area contributed by atoms with Gasteiger partial charge in [0.05, 0.1) is 0 Å². The fourth-order valence-corrected chi connectivity index (χ4v) is 3.19. The summed E-state index contributed by atoms with van der Waals surface area (Å²) >= 11 is 3.37. The molecule has 0 radical (unpaired) electrons. The van der Waals surface area contributed by atoms with Crippen molar-refractivity contribution in [2.75, 3.05) is 5.32 Å². The number of pyridine rings is 1. The molecule has 1 aromatic heterocycles. The van der Waals surface area contributed by atoms with Gasteiger partial charge in [0, 0.05) is 28.0 Å². The van der Waals surface area contributed by atoms with Gasteiger partial charge in [0.1, 0.15) is 5.69 Å². The molecule has 0 unspecified atom stereocenters. The highest BCUT2D eigenvalue weighted by Gasteiger charge is 2.19. The number of halogens is 1. The number of nitrogens with one attached hydrogen (secondary N) is 2. The summed E-state index contributed by atoms with van der Waals surface area (Å²) in [7, 11) is 0. The van der Waals surface area contributed by atoms with Crippen LogP contribution < -0.4 is 10.6 Å². The number of rotatable bonds is 4. The zero-order chi connectivity index (χ0) is 16.9. The van der Waals surface area contributed by atoms with E-state index < -0.39 is 0 Å². The molecule has 2 N–H and O–H groups in total. The van der Waals surface area contributed by atoms with E-state index >= 15 is 0 Å². The Morgan fingerprint density at radius 2 is 1.88 bits per heavy atom. The second-order valence-electron chi connectivity index (χ2n) is 5.85. The van der Waals surface area contributed by atoms with Crippen LogP contribution in [0.25, 0.3) is 0 Å². The van der Waals surface area contributed by atoms with E-state index in [9.17, 15) is 9.59 Å². The minimum Gasteiger partial charge on any atom is -0.348 e. The van der Waals surface area contributed by atoms with Gasteiger partial charge in [0.25, 0.3) is 11.8 Å². The molecular formula is C18H18BrN3O2. The third kappa shape index (κ3) is 4.20. The number of nitrogens with zero attached hydrogens (tertiary/aromatic N) is 1. The van der Waals surface area contributed by atoms with Crippen molar-refractivity contribution in [2.24, 2.45) is 0 Å². The van der Waals surface area contributed by atoms with Crippen LogP contribution in [0.5, 0.6) is 0 Å². The first-order valence-electron chi connectivity index (χ1n) is 7.95. The fourth-order valence-electron chi connectivity index (χ4n) is 2.79. The third-order valence-electron chi connectivity index (χ3n) is 4.03. The van der Waals surface area contributed by atoms with E-state index in [4.69, 9.17) is 0 Å². The smallest absolute Gasteiger partial charge is 0.270 e. The predicted molar refractivity (Wildman–Crippen MR) is 96.1 cm³/mol. The zero-order valence-electron chi connectivity index (χ0n) is 13.1. The average Bonchev–Trinajstić information content (AvgIpc) is 3.08. The molecule has 1 fully saturated rings. The number of benzene rings is 1. The molecule has 5 nitrogen and oxygen atoms in total. The molecule has 0 bridgehead atoms. The van der Waals surface area contributed by atoms with Gasteiger partial charge in [-0.2, -0.15) is 0 Å². The number of hydrogen-bond acceptors (Lipinski definition) is 3. The van der Waals surface area contributed by atoms with Gasteiger partial charge in [-0.25, -0.2) is 0 Å². The lowest BCUT2D eigenvalue weighted by Gasteiger charge is -2.12. The van der Waals surface area contributed by atoms with Crippen LogP contribution in [-0.2, 0) is 0 Å². The minimum absolute atomic E-state index is 0.221. The molecule has 2 aromatic rings. The van der Waals surface area contributed by atoms with Gasteiger partial charge in [-0.1, -0.05) is 34.8 Å². The van der Waals surface area contributed by atoms with Crippen molar-refractivity contribution in [1.82, 2.24) is 10.3 Å². The van der Waals surface area contributed by atoms with Gasteiger partial charge in [-0.15, -0.1) is 0 Å². The standard InChI is InChI=1S/C18H18BrN3O2/c19-13-4-3-7-15(11-13)22-17(23)12-8-9-20-16(10-12)18(24)21-14-5-1-2-6-14/h3-4,7-11,14H,1-2,5-6H2,(H,21,24)(H,22,23). The first kappa shape index (κ1) is 16.6. The Balaban J connectivity index is 1.69. The van der Waals surface area contributed by atoms with E-state index in [-0.39, 0.29) is 23.6 Å². The summed E-state index contributed by atoms with van der Waals surface area (Å²) in [4.78, 5) is 28.7. The van der Waals surface area contributed by atoms with E-state index in [1.807, 2.05) is 18.2 Å². The minimum atomic E-state index is -0.273. The Hall–Kier alpha value is -2.21. The molecular weight excluding hydrogens is 370 g/mol. The molecule has 3 rings (SSSR count). The number of anilines is 1. The molecule has 1 saturated carbocycles. The Morgan fingerprint density at radius 3 is 2.62 bits per heavy atom. The van der Waals surface area contributed by atoms with Gasteiger partial charge in [0.15, 0.2) is 0 Å². The monoisotopic (exact) mass is 387 g/mol. The van der Waals surface area contributed by atoms with Gasteiger partial charge >= 0.3 is 0 Å². The molecule has 1 aliphatic rings. The summed E-state index contributed by atoms with van der Waals surface area (Å²) in [5.74, 6) is -0.496. The molecule has 1 heterocycles. The summed E-state index contributed by atoms with van der Waals surface area (Å²) in [6, 6.07) is 10.7. The highest BCUT2D eigenvalue weighted by Crippen LogP contribution is 2.19. The molecule has 0 aliphatic heterocycles. The molecule has 0 saturated heterocycles. The highest BCUT2D eigenvalue weighted by molar-refractivity contribution is 9.10. The Labute approximate surface area is 149 Å². The molecule has 0 spiro atoms. The average molecular weight is 388 g/mol. The maximum Gasteiger partial charge on any atom is 0.270 e. The molecule has 6 heteroatoms. The Bertz CT molecular complexity index is 757. The quantitative estimate of drug-likeness (QED) is 0.838. The van der Waals surface area contributed by atoms with Crippen LogP contribution in [0.3, 0.4) is 0 Å². The Morgan fingerprint density at radius 1 is 1.08 bits per heavy atom. The van der Waals surface area contributed by atoms with Gasteiger partial charge < -0.3 is 10.6 Å². The van der Waals surface area contributed by atoms with Gasteiger partial charge in [-0.3, -0.25) is 14.6 Å².